The first kappa shape index (κ1) is 19.4. The van der Waals surface area contributed by atoms with E-state index in [-0.39, 0.29) is 18.1 Å². The van der Waals surface area contributed by atoms with Crippen molar-refractivity contribution in [1.29, 1.82) is 0 Å². The van der Waals surface area contributed by atoms with Crippen LogP contribution in [0, 0.1) is 0 Å². The number of fused-ring (bicyclic) bond motifs is 1. The molecule has 1 amide bonds. The van der Waals surface area contributed by atoms with E-state index in [0.29, 0.717) is 13.1 Å². The monoisotopic (exact) mass is 412 g/mol. The number of nitrogens with zero attached hydrogens (tertiary/aromatic N) is 4. The summed E-state index contributed by atoms with van der Waals surface area (Å²) in [5.74, 6) is 1.35. The number of ether oxygens (including phenoxy) is 1. The van der Waals surface area contributed by atoms with Crippen molar-refractivity contribution in [1.82, 2.24) is 14.3 Å². The van der Waals surface area contributed by atoms with Crippen molar-refractivity contribution in [3.05, 3.63) is 63.0 Å². The number of carbonyl (C=O) groups is 1. The highest BCUT2D eigenvalue weighted by Crippen LogP contribution is 2.23. The number of methoxy groups -OCH3 is 1. The van der Waals surface area contributed by atoms with Gasteiger partial charge in [-0.25, -0.2) is 9.48 Å². The normalized spacial score (nSPS) is 13.6. The summed E-state index contributed by atoms with van der Waals surface area (Å²) in [5, 5.41) is 6.44. The van der Waals surface area contributed by atoms with Gasteiger partial charge in [0.1, 0.15) is 18.1 Å². The highest BCUT2D eigenvalue weighted by Gasteiger charge is 2.22. The summed E-state index contributed by atoms with van der Waals surface area (Å²) in [5.41, 5.74) is 0.569. The van der Waals surface area contributed by atoms with Crippen LogP contribution in [0.5, 0.6) is 5.75 Å². The molecule has 1 aromatic carbocycles. The van der Waals surface area contributed by atoms with Gasteiger partial charge in [-0.3, -0.25) is 9.36 Å². The van der Waals surface area contributed by atoms with Crippen molar-refractivity contribution < 1.29 is 9.53 Å². The summed E-state index contributed by atoms with van der Waals surface area (Å²) < 4.78 is 8.26. The lowest BCUT2D eigenvalue weighted by Gasteiger charge is -2.22. The third-order valence-corrected chi connectivity index (χ3v) is 6.01. The molecule has 0 fully saturated rings. The first-order chi connectivity index (χ1) is 14.2. The Morgan fingerprint density at radius 3 is 2.76 bits per heavy atom. The molecule has 0 spiro atoms. The molecule has 152 valence electrons. The zero-order valence-corrected chi connectivity index (χ0v) is 17.2. The quantitative estimate of drug-likeness (QED) is 0.624. The van der Waals surface area contributed by atoms with Gasteiger partial charge in [0.05, 0.1) is 13.7 Å². The van der Waals surface area contributed by atoms with Crippen molar-refractivity contribution in [2.75, 3.05) is 12.0 Å². The van der Waals surface area contributed by atoms with Crippen LogP contribution in [-0.4, -0.2) is 27.4 Å². The Hall–Kier alpha value is -2.87. The fraction of sp³-hybridized carbons (Fsp3) is 0.381. The molecular formula is C21H24N4O3S. The van der Waals surface area contributed by atoms with Gasteiger partial charge in [0, 0.05) is 23.5 Å². The van der Waals surface area contributed by atoms with Gasteiger partial charge in [-0.15, -0.1) is 11.3 Å². The number of thiophene rings is 1. The fourth-order valence-electron chi connectivity index (χ4n) is 3.59. The largest absolute Gasteiger partial charge is 0.497 e. The first-order valence-corrected chi connectivity index (χ1v) is 10.7. The lowest BCUT2D eigenvalue weighted by atomic mass is 10.2. The molecule has 29 heavy (non-hydrogen) atoms. The molecule has 0 bridgehead atoms. The zero-order valence-electron chi connectivity index (χ0n) is 16.4. The maximum absolute atomic E-state index is 13.2. The Bertz CT molecular complexity index is 1020. The Kier molecular flexibility index (Phi) is 5.80. The third-order valence-electron chi connectivity index (χ3n) is 5.15. The second-order valence-electron chi connectivity index (χ2n) is 7.08. The van der Waals surface area contributed by atoms with Crippen LogP contribution >= 0.6 is 11.3 Å². The van der Waals surface area contributed by atoms with Gasteiger partial charge in [0.15, 0.2) is 0 Å². The number of rotatable bonds is 6. The van der Waals surface area contributed by atoms with Gasteiger partial charge < -0.3 is 9.64 Å². The number of anilines is 1. The van der Waals surface area contributed by atoms with Crippen molar-refractivity contribution in [2.45, 2.75) is 45.3 Å². The van der Waals surface area contributed by atoms with Gasteiger partial charge in [0.2, 0.25) is 5.91 Å². The van der Waals surface area contributed by atoms with E-state index in [4.69, 9.17) is 4.74 Å². The first-order valence-electron chi connectivity index (χ1n) is 9.79. The van der Waals surface area contributed by atoms with E-state index in [2.05, 4.69) is 5.10 Å². The molecular weight excluding hydrogens is 388 g/mol. The van der Waals surface area contributed by atoms with Crippen molar-refractivity contribution in [3.8, 4) is 5.75 Å². The molecule has 3 heterocycles. The lowest BCUT2D eigenvalue weighted by molar-refractivity contribution is -0.119. The van der Waals surface area contributed by atoms with Gasteiger partial charge in [0.25, 0.3) is 0 Å². The van der Waals surface area contributed by atoms with Gasteiger partial charge >= 0.3 is 5.69 Å². The summed E-state index contributed by atoms with van der Waals surface area (Å²) in [7, 11) is 1.61. The Labute approximate surface area is 173 Å². The SMILES string of the molecule is COc1ccc(N(Cc2cccs2)C(=O)Cn2nc3n(c2=O)CCCCC3)cc1. The molecule has 1 aliphatic heterocycles. The average Bonchev–Trinajstić information content (AvgIpc) is 3.28. The van der Waals surface area contributed by atoms with Gasteiger partial charge in [-0.05, 0) is 48.6 Å². The van der Waals surface area contributed by atoms with Crippen LogP contribution in [0.1, 0.15) is 30.0 Å². The van der Waals surface area contributed by atoms with E-state index in [1.165, 1.54) is 4.68 Å². The Morgan fingerprint density at radius 1 is 1.21 bits per heavy atom. The summed E-state index contributed by atoms with van der Waals surface area (Å²) in [6, 6.07) is 11.3. The van der Waals surface area contributed by atoms with E-state index < -0.39 is 0 Å². The number of aromatic nitrogens is 3. The zero-order chi connectivity index (χ0) is 20.2. The Balaban J connectivity index is 1.60. The van der Waals surface area contributed by atoms with Crippen LogP contribution in [0.25, 0.3) is 0 Å². The molecule has 3 aromatic rings. The molecule has 0 saturated heterocycles. The van der Waals surface area contributed by atoms with Crippen LogP contribution in [0.2, 0.25) is 0 Å². The number of carbonyl (C=O) groups excluding carboxylic acids is 1. The highest BCUT2D eigenvalue weighted by molar-refractivity contribution is 7.09. The molecule has 0 atom stereocenters. The maximum atomic E-state index is 13.2. The summed E-state index contributed by atoms with van der Waals surface area (Å²) in [6.07, 6.45) is 3.89. The molecule has 0 N–H and O–H groups in total. The maximum Gasteiger partial charge on any atom is 0.346 e. The van der Waals surface area contributed by atoms with Crippen LogP contribution in [0.15, 0.2) is 46.6 Å². The minimum Gasteiger partial charge on any atom is -0.497 e. The predicted molar refractivity (Wildman–Crippen MR) is 113 cm³/mol. The van der Waals surface area contributed by atoms with E-state index in [0.717, 1.165) is 47.8 Å². The third kappa shape index (κ3) is 4.27. The number of hydrogen-bond acceptors (Lipinski definition) is 5. The van der Waals surface area contributed by atoms with E-state index in [1.54, 1.807) is 27.9 Å². The number of amides is 1. The van der Waals surface area contributed by atoms with Crippen LogP contribution in [0.4, 0.5) is 5.69 Å². The number of aryl methyl sites for hydroxylation is 1. The average molecular weight is 413 g/mol. The molecule has 4 rings (SSSR count). The molecule has 8 heteroatoms. The molecule has 0 unspecified atom stereocenters. The lowest BCUT2D eigenvalue weighted by Crippen LogP contribution is -2.37. The highest BCUT2D eigenvalue weighted by atomic mass is 32.1. The number of hydrogen-bond donors (Lipinski definition) is 0. The van der Waals surface area contributed by atoms with Crippen molar-refractivity contribution in [3.63, 3.8) is 0 Å². The molecule has 2 aromatic heterocycles. The molecule has 7 nitrogen and oxygen atoms in total. The summed E-state index contributed by atoms with van der Waals surface area (Å²) >= 11 is 1.60. The molecule has 0 saturated carbocycles. The summed E-state index contributed by atoms with van der Waals surface area (Å²) in [4.78, 5) is 28.7. The fourth-order valence-corrected chi connectivity index (χ4v) is 4.28. The second kappa shape index (κ2) is 8.65. The summed E-state index contributed by atoms with van der Waals surface area (Å²) in [6.45, 7) is 1.06. The predicted octanol–water partition coefficient (Wildman–Crippen LogP) is 3.07. The van der Waals surface area contributed by atoms with Crippen LogP contribution in [-0.2, 0) is 30.8 Å². The van der Waals surface area contributed by atoms with Crippen LogP contribution < -0.4 is 15.3 Å². The van der Waals surface area contributed by atoms with Crippen molar-refractivity contribution in [2.24, 2.45) is 0 Å². The number of benzene rings is 1. The van der Waals surface area contributed by atoms with Gasteiger partial charge in [-0.2, -0.15) is 5.10 Å². The molecule has 1 aliphatic rings. The standard InChI is InChI=1S/C21H24N4O3S/c1-28-17-10-8-16(9-11-17)24(14-18-6-5-13-29-18)20(26)15-25-21(27)23-12-4-2-3-7-19(23)22-25/h5-6,8-11,13H,2-4,7,12,14-15H2,1H3. The van der Waals surface area contributed by atoms with E-state index in [9.17, 15) is 9.59 Å². The smallest absolute Gasteiger partial charge is 0.346 e. The van der Waals surface area contributed by atoms with Gasteiger partial charge in [-0.1, -0.05) is 12.5 Å². The Morgan fingerprint density at radius 2 is 2.03 bits per heavy atom. The second-order valence-corrected chi connectivity index (χ2v) is 8.11. The van der Waals surface area contributed by atoms with E-state index in [1.807, 2.05) is 41.8 Å². The van der Waals surface area contributed by atoms with Crippen molar-refractivity contribution >= 4 is 22.9 Å². The molecule has 0 radical (unpaired) electrons. The van der Waals surface area contributed by atoms with Crippen LogP contribution in [0.3, 0.4) is 0 Å². The molecule has 0 aliphatic carbocycles. The topological polar surface area (TPSA) is 69.4 Å². The minimum atomic E-state index is -0.193. The van der Waals surface area contributed by atoms with E-state index >= 15 is 0 Å². The minimum absolute atomic E-state index is 0.0732.